The molecule has 0 atom stereocenters. The fourth-order valence-electron chi connectivity index (χ4n) is 2.58. The van der Waals surface area contributed by atoms with Gasteiger partial charge in [0.1, 0.15) is 18.1 Å². The van der Waals surface area contributed by atoms with Crippen molar-refractivity contribution in [1.29, 1.82) is 0 Å². The molecule has 0 aliphatic rings. The van der Waals surface area contributed by atoms with Gasteiger partial charge < -0.3 is 14.6 Å². The van der Waals surface area contributed by atoms with Crippen LogP contribution in [0.2, 0.25) is 0 Å². The largest absolute Gasteiger partial charge is 0.485 e. The van der Waals surface area contributed by atoms with E-state index in [1.54, 1.807) is 13.0 Å². The number of ether oxygens (including phenoxy) is 1. The number of carbonyl (C=O) groups excluding carboxylic acids is 1. The molecule has 0 saturated carbocycles. The van der Waals surface area contributed by atoms with Gasteiger partial charge in [0, 0.05) is 19.1 Å². The minimum absolute atomic E-state index is 0.0531. The topological polar surface area (TPSA) is 120 Å². The number of nitrogens with zero attached hydrogens (tertiary/aromatic N) is 2. The van der Waals surface area contributed by atoms with Crippen LogP contribution in [-0.4, -0.2) is 29.6 Å². The minimum atomic E-state index is -3.44. The SMILES string of the molecule is CCS(=O)(=O)c1ccc(OCc2cc(=O)n3oc(C)cc3n2)c(NC(C)=O)c1. The standard InChI is InChI=1S/C18H19N3O6S/c1-4-28(24,25)14-5-6-16(15(9-14)19-12(3)22)26-10-13-8-18(23)21-17(20-13)7-11(2)27-21/h5-9H,4,10H2,1-3H3,(H,19,22). The summed E-state index contributed by atoms with van der Waals surface area (Å²) in [6.45, 7) is 4.50. The van der Waals surface area contributed by atoms with Gasteiger partial charge in [0.15, 0.2) is 15.5 Å². The van der Waals surface area contributed by atoms with Crippen molar-refractivity contribution in [3.8, 4) is 5.75 Å². The summed E-state index contributed by atoms with van der Waals surface area (Å²) in [6, 6.07) is 7.12. The highest BCUT2D eigenvalue weighted by molar-refractivity contribution is 7.91. The van der Waals surface area contributed by atoms with Gasteiger partial charge in [-0.3, -0.25) is 9.59 Å². The zero-order valence-corrected chi connectivity index (χ0v) is 16.4. The Morgan fingerprint density at radius 3 is 2.71 bits per heavy atom. The van der Waals surface area contributed by atoms with Crippen molar-refractivity contribution in [1.82, 2.24) is 9.56 Å². The molecule has 0 bridgehead atoms. The second kappa shape index (κ2) is 7.47. The van der Waals surface area contributed by atoms with Crippen LogP contribution in [0.4, 0.5) is 5.69 Å². The third-order valence-electron chi connectivity index (χ3n) is 3.90. The monoisotopic (exact) mass is 405 g/mol. The Labute approximate surface area is 160 Å². The molecule has 148 valence electrons. The number of hydrogen-bond donors (Lipinski definition) is 1. The van der Waals surface area contributed by atoms with E-state index in [-0.39, 0.29) is 40.2 Å². The highest BCUT2D eigenvalue weighted by atomic mass is 32.2. The summed E-state index contributed by atoms with van der Waals surface area (Å²) in [6.07, 6.45) is 0. The minimum Gasteiger partial charge on any atom is -0.485 e. The van der Waals surface area contributed by atoms with E-state index in [1.807, 2.05) is 0 Å². The molecule has 0 aliphatic heterocycles. The molecule has 1 amide bonds. The van der Waals surface area contributed by atoms with Crippen LogP contribution in [0.15, 0.2) is 44.5 Å². The quantitative estimate of drug-likeness (QED) is 0.665. The lowest BCUT2D eigenvalue weighted by Crippen LogP contribution is -2.15. The van der Waals surface area contributed by atoms with Crippen molar-refractivity contribution in [2.24, 2.45) is 0 Å². The van der Waals surface area contributed by atoms with Gasteiger partial charge >= 0.3 is 0 Å². The zero-order chi connectivity index (χ0) is 20.5. The highest BCUT2D eigenvalue weighted by Gasteiger charge is 2.16. The summed E-state index contributed by atoms with van der Waals surface area (Å²) < 4.78 is 36.2. The smallest absolute Gasteiger partial charge is 0.287 e. The van der Waals surface area contributed by atoms with E-state index in [0.717, 1.165) is 4.57 Å². The molecule has 0 aliphatic carbocycles. The van der Waals surface area contributed by atoms with Crippen molar-refractivity contribution < 1.29 is 22.5 Å². The van der Waals surface area contributed by atoms with Crippen LogP contribution in [0.25, 0.3) is 5.65 Å². The number of aromatic nitrogens is 2. The molecule has 9 nitrogen and oxygen atoms in total. The first-order valence-electron chi connectivity index (χ1n) is 8.46. The summed E-state index contributed by atoms with van der Waals surface area (Å²) in [4.78, 5) is 27.9. The van der Waals surface area contributed by atoms with Crippen molar-refractivity contribution in [2.45, 2.75) is 32.3 Å². The van der Waals surface area contributed by atoms with Crippen LogP contribution in [0, 0.1) is 6.92 Å². The summed E-state index contributed by atoms with van der Waals surface area (Å²) in [7, 11) is -3.44. The average Bonchev–Trinajstić information content (AvgIpc) is 3.01. The molecule has 0 unspecified atom stereocenters. The number of sulfone groups is 1. The maximum absolute atomic E-state index is 12.1. The van der Waals surface area contributed by atoms with Gasteiger partial charge in [0.25, 0.3) is 5.56 Å². The number of nitrogens with one attached hydrogen (secondary N) is 1. The predicted octanol–water partition coefficient (Wildman–Crippen LogP) is 1.93. The summed E-state index contributed by atoms with van der Waals surface area (Å²) in [5.41, 5.74) is 0.557. The summed E-state index contributed by atoms with van der Waals surface area (Å²) in [5, 5.41) is 2.56. The number of aryl methyl sites for hydroxylation is 1. The maximum Gasteiger partial charge on any atom is 0.287 e. The summed E-state index contributed by atoms with van der Waals surface area (Å²) in [5.74, 6) is 0.367. The first-order chi connectivity index (χ1) is 13.2. The molecule has 0 spiro atoms. The number of rotatable bonds is 6. The Balaban J connectivity index is 1.91. The Bertz CT molecular complexity index is 1210. The van der Waals surface area contributed by atoms with E-state index in [1.165, 1.54) is 38.1 Å². The number of carbonyl (C=O) groups is 1. The van der Waals surface area contributed by atoms with Gasteiger partial charge in [-0.25, -0.2) is 13.4 Å². The van der Waals surface area contributed by atoms with Gasteiger partial charge in [0.05, 0.1) is 22.0 Å². The van der Waals surface area contributed by atoms with Gasteiger partial charge in [-0.05, 0) is 25.1 Å². The first-order valence-corrected chi connectivity index (χ1v) is 10.1. The molecule has 2 aromatic heterocycles. The third-order valence-corrected chi connectivity index (χ3v) is 5.63. The number of fused-ring (bicyclic) bond motifs is 1. The van der Waals surface area contributed by atoms with Crippen LogP contribution >= 0.6 is 0 Å². The van der Waals surface area contributed by atoms with Gasteiger partial charge in [-0.2, -0.15) is 0 Å². The molecular weight excluding hydrogens is 386 g/mol. The number of hydrogen-bond acceptors (Lipinski definition) is 7. The summed E-state index contributed by atoms with van der Waals surface area (Å²) >= 11 is 0. The van der Waals surface area contributed by atoms with Crippen LogP contribution in [0.5, 0.6) is 5.75 Å². The lowest BCUT2D eigenvalue weighted by Gasteiger charge is -2.13. The lowest BCUT2D eigenvalue weighted by molar-refractivity contribution is -0.114. The van der Waals surface area contributed by atoms with E-state index in [2.05, 4.69) is 10.3 Å². The molecule has 0 saturated heterocycles. The van der Waals surface area contributed by atoms with E-state index in [0.29, 0.717) is 17.1 Å². The van der Waals surface area contributed by atoms with Gasteiger partial charge in [-0.1, -0.05) is 6.92 Å². The van der Waals surface area contributed by atoms with Crippen molar-refractivity contribution in [3.05, 3.63) is 52.1 Å². The first kappa shape index (κ1) is 19.6. The Kier molecular flexibility index (Phi) is 5.23. The van der Waals surface area contributed by atoms with E-state index in [9.17, 15) is 18.0 Å². The van der Waals surface area contributed by atoms with Crippen LogP contribution in [0.1, 0.15) is 25.3 Å². The van der Waals surface area contributed by atoms with Gasteiger partial charge in [-0.15, -0.1) is 4.57 Å². The van der Waals surface area contributed by atoms with E-state index in [4.69, 9.17) is 9.26 Å². The number of benzene rings is 1. The van der Waals surface area contributed by atoms with Crippen molar-refractivity contribution in [2.75, 3.05) is 11.1 Å². The molecular formula is C18H19N3O6S. The second-order valence-corrected chi connectivity index (χ2v) is 8.39. The van der Waals surface area contributed by atoms with E-state index < -0.39 is 9.84 Å². The molecule has 3 rings (SSSR count). The molecule has 1 aromatic carbocycles. The number of anilines is 1. The maximum atomic E-state index is 12.1. The normalized spacial score (nSPS) is 11.5. The second-order valence-electron chi connectivity index (χ2n) is 6.12. The van der Waals surface area contributed by atoms with Crippen LogP contribution < -0.4 is 15.6 Å². The Morgan fingerprint density at radius 1 is 1.29 bits per heavy atom. The fraction of sp³-hybridized carbons (Fsp3) is 0.278. The molecule has 0 fully saturated rings. The van der Waals surface area contributed by atoms with Gasteiger partial charge in [0.2, 0.25) is 5.91 Å². The van der Waals surface area contributed by atoms with Crippen molar-refractivity contribution in [3.63, 3.8) is 0 Å². The lowest BCUT2D eigenvalue weighted by atomic mass is 10.3. The molecule has 1 N–H and O–H groups in total. The molecule has 2 heterocycles. The zero-order valence-electron chi connectivity index (χ0n) is 15.6. The Hall–Kier alpha value is -3.14. The fourth-order valence-corrected chi connectivity index (χ4v) is 3.49. The molecule has 10 heteroatoms. The number of amides is 1. The van der Waals surface area contributed by atoms with Crippen LogP contribution in [-0.2, 0) is 21.2 Å². The molecule has 0 radical (unpaired) electrons. The van der Waals surface area contributed by atoms with Crippen LogP contribution in [0.3, 0.4) is 0 Å². The highest BCUT2D eigenvalue weighted by Crippen LogP contribution is 2.29. The third kappa shape index (κ3) is 4.06. The van der Waals surface area contributed by atoms with Crippen molar-refractivity contribution >= 4 is 27.1 Å². The molecule has 3 aromatic rings. The van der Waals surface area contributed by atoms with E-state index >= 15 is 0 Å². The average molecular weight is 405 g/mol. The molecule has 28 heavy (non-hydrogen) atoms. The predicted molar refractivity (Wildman–Crippen MR) is 101 cm³/mol. The Morgan fingerprint density at radius 2 is 2.04 bits per heavy atom.